The summed E-state index contributed by atoms with van der Waals surface area (Å²) in [6.45, 7) is 3.95. The van der Waals surface area contributed by atoms with Crippen LogP contribution >= 0.6 is 23.4 Å². The Hall–Kier alpha value is -3.49. The number of amidine groups is 1. The van der Waals surface area contributed by atoms with Gasteiger partial charge in [0.1, 0.15) is 17.2 Å². The fourth-order valence-corrected chi connectivity index (χ4v) is 4.56. The number of ether oxygens (including phenoxy) is 1. The van der Waals surface area contributed by atoms with Crippen LogP contribution in [0.1, 0.15) is 16.9 Å². The molecule has 0 radical (unpaired) electrons. The van der Waals surface area contributed by atoms with Crippen LogP contribution < -0.4 is 15.0 Å². The van der Waals surface area contributed by atoms with Crippen molar-refractivity contribution in [3.63, 3.8) is 0 Å². The maximum Gasteiger partial charge on any atom is 0.283 e. The third kappa shape index (κ3) is 5.35. The Balaban J connectivity index is 1.57. The minimum atomic E-state index is -0.352. The Morgan fingerprint density at radius 1 is 1.21 bits per heavy atom. The van der Waals surface area contributed by atoms with Gasteiger partial charge < -0.3 is 14.5 Å². The SMILES string of the molecule is COc1ccc(N2C(=O)/C(=C\c3ccco3)N=C2SCC(=O)Nc2cc(C)cc(C)c2)cc1Cl. The first kappa shape index (κ1) is 23.7. The molecule has 0 saturated heterocycles. The molecule has 9 heteroatoms. The van der Waals surface area contributed by atoms with Crippen molar-refractivity contribution < 1.29 is 18.7 Å². The second-order valence-electron chi connectivity index (χ2n) is 7.61. The normalized spacial score (nSPS) is 14.5. The summed E-state index contributed by atoms with van der Waals surface area (Å²) in [5, 5.41) is 3.62. The molecular formula is C25H22ClN3O4S. The number of nitrogens with one attached hydrogen (secondary N) is 1. The van der Waals surface area contributed by atoms with E-state index < -0.39 is 0 Å². The molecule has 1 aliphatic rings. The van der Waals surface area contributed by atoms with Crippen molar-refractivity contribution in [3.8, 4) is 5.75 Å². The summed E-state index contributed by atoms with van der Waals surface area (Å²) < 4.78 is 10.5. The molecular weight excluding hydrogens is 474 g/mol. The average molecular weight is 496 g/mol. The van der Waals surface area contributed by atoms with Crippen LogP contribution in [0.15, 0.2) is 69.9 Å². The molecule has 0 atom stereocenters. The number of furan rings is 1. The predicted molar refractivity (Wildman–Crippen MR) is 137 cm³/mol. The van der Waals surface area contributed by atoms with Crippen molar-refractivity contribution >= 4 is 57.8 Å². The molecule has 1 aliphatic heterocycles. The first-order chi connectivity index (χ1) is 16.3. The summed E-state index contributed by atoms with van der Waals surface area (Å²) in [7, 11) is 1.52. The Kier molecular flexibility index (Phi) is 7.09. The van der Waals surface area contributed by atoms with E-state index in [-0.39, 0.29) is 23.3 Å². The molecule has 2 amide bonds. The van der Waals surface area contributed by atoms with E-state index in [2.05, 4.69) is 10.3 Å². The number of carbonyl (C=O) groups excluding carboxylic acids is 2. The van der Waals surface area contributed by atoms with E-state index >= 15 is 0 Å². The Morgan fingerprint density at radius 3 is 2.62 bits per heavy atom. The second kappa shape index (κ2) is 10.2. The lowest BCUT2D eigenvalue weighted by Gasteiger charge is -2.18. The van der Waals surface area contributed by atoms with Gasteiger partial charge in [-0.3, -0.25) is 14.5 Å². The standard InChI is InChI=1S/C25H22ClN3O4S/c1-15-9-16(2)11-17(10-15)27-23(30)14-34-25-28-21(13-19-5-4-8-33-19)24(31)29(25)18-6-7-22(32-3)20(26)12-18/h4-13H,14H2,1-3H3,(H,27,30)/b21-13+. The molecule has 2 heterocycles. The summed E-state index contributed by atoms with van der Waals surface area (Å²) in [6.07, 6.45) is 3.08. The van der Waals surface area contributed by atoms with Gasteiger partial charge in [-0.2, -0.15) is 0 Å². The van der Waals surface area contributed by atoms with E-state index in [0.717, 1.165) is 28.6 Å². The Bertz CT molecular complexity index is 1280. The lowest BCUT2D eigenvalue weighted by Crippen LogP contribution is -2.31. The van der Waals surface area contributed by atoms with E-state index in [4.69, 9.17) is 20.8 Å². The van der Waals surface area contributed by atoms with Gasteiger partial charge in [0.2, 0.25) is 5.91 Å². The Labute approximate surface area is 206 Å². The van der Waals surface area contributed by atoms with Crippen LogP contribution in [0.2, 0.25) is 5.02 Å². The molecule has 3 aromatic rings. The average Bonchev–Trinajstić information content (AvgIpc) is 3.40. The van der Waals surface area contributed by atoms with Gasteiger partial charge in [-0.25, -0.2) is 4.99 Å². The maximum absolute atomic E-state index is 13.2. The van der Waals surface area contributed by atoms with Crippen LogP contribution in [0.5, 0.6) is 5.75 Å². The molecule has 7 nitrogen and oxygen atoms in total. The molecule has 1 aromatic heterocycles. The van der Waals surface area contributed by atoms with Crippen molar-refractivity contribution in [2.24, 2.45) is 4.99 Å². The van der Waals surface area contributed by atoms with Crippen LogP contribution in [-0.4, -0.2) is 29.8 Å². The number of hydrogen-bond acceptors (Lipinski definition) is 6. The third-order valence-electron chi connectivity index (χ3n) is 4.88. The number of anilines is 2. The highest BCUT2D eigenvalue weighted by atomic mass is 35.5. The number of aliphatic imine (C=N–C) groups is 1. The number of hydrogen-bond donors (Lipinski definition) is 1. The lowest BCUT2D eigenvalue weighted by atomic mass is 10.1. The molecule has 0 spiro atoms. The van der Waals surface area contributed by atoms with Crippen LogP contribution in [-0.2, 0) is 9.59 Å². The van der Waals surface area contributed by atoms with Gasteiger partial charge in [-0.05, 0) is 67.4 Å². The number of methoxy groups -OCH3 is 1. The highest BCUT2D eigenvalue weighted by Crippen LogP contribution is 2.34. The molecule has 0 aliphatic carbocycles. The van der Waals surface area contributed by atoms with Gasteiger partial charge in [0.25, 0.3) is 5.91 Å². The number of halogens is 1. The van der Waals surface area contributed by atoms with Gasteiger partial charge in [0, 0.05) is 11.8 Å². The van der Waals surface area contributed by atoms with E-state index in [1.54, 1.807) is 36.4 Å². The zero-order valence-corrected chi connectivity index (χ0v) is 20.4. The summed E-state index contributed by atoms with van der Waals surface area (Å²) >= 11 is 7.45. The van der Waals surface area contributed by atoms with Crippen LogP contribution in [0.25, 0.3) is 6.08 Å². The van der Waals surface area contributed by atoms with E-state index in [9.17, 15) is 9.59 Å². The highest BCUT2D eigenvalue weighted by molar-refractivity contribution is 8.14. The number of carbonyl (C=O) groups is 2. The van der Waals surface area contributed by atoms with Gasteiger partial charge in [0.15, 0.2) is 5.17 Å². The summed E-state index contributed by atoms with van der Waals surface area (Å²) in [5.74, 6) is 0.491. The number of rotatable bonds is 6. The highest BCUT2D eigenvalue weighted by Gasteiger charge is 2.33. The van der Waals surface area contributed by atoms with Crippen molar-refractivity contribution in [1.29, 1.82) is 0 Å². The summed E-state index contributed by atoms with van der Waals surface area (Å²) in [4.78, 5) is 31.8. The minimum absolute atomic E-state index is 0.0630. The van der Waals surface area contributed by atoms with Gasteiger partial charge in [-0.1, -0.05) is 29.4 Å². The molecule has 2 aromatic carbocycles. The fraction of sp³-hybridized carbons (Fsp3) is 0.160. The largest absolute Gasteiger partial charge is 0.495 e. The number of aryl methyl sites for hydroxylation is 2. The smallest absolute Gasteiger partial charge is 0.283 e. The molecule has 174 valence electrons. The zero-order chi connectivity index (χ0) is 24.2. The third-order valence-corrected chi connectivity index (χ3v) is 6.12. The molecule has 0 saturated carbocycles. The minimum Gasteiger partial charge on any atom is -0.495 e. The second-order valence-corrected chi connectivity index (χ2v) is 8.96. The number of amides is 2. The monoisotopic (exact) mass is 495 g/mol. The molecule has 4 rings (SSSR count). The first-order valence-electron chi connectivity index (χ1n) is 10.4. The van der Waals surface area contributed by atoms with Crippen LogP contribution in [0, 0.1) is 13.8 Å². The Morgan fingerprint density at radius 2 is 1.97 bits per heavy atom. The van der Waals surface area contributed by atoms with Crippen molar-refractivity contribution in [3.05, 3.63) is 82.4 Å². The van der Waals surface area contributed by atoms with Crippen LogP contribution in [0.4, 0.5) is 11.4 Å². The first-order valence-corrected chi connectivity index (χ1v) is 11.7. The summed E-state index contributed by atoms with van der Waals surface area (Å²) in [6, 6.07) is 14.3. The summed E-state index contributed by atoms with van der Waals surface area (Å²) in [5.41, 5.74) is 3.55. The van der Waals surface area contributed by atoms with Crippen molar-refractivity contribution in [1.82, 2.24) is 0 Å². The topological polar surface area (TPSA) is 84.1 Å². The van der Waals surface area contributed by atoms with Crippen LogP contribution in [0.3, 0.4) is 0 Å². The number of thioether (sulfide) groups is 1. The van der Waals surface area contributed by atoms with Crippen molar-refractivity contribution in [2.75, 3.05) is 23.1 Å². The number of nitrogens with zero attached hydrogens (tertiary/aromatic N) is 2. The van der Waals surface area contributed by atoms with E-state index in [0.29, 0.717) is 27.4 Å². The van der Waals surface area contributed by atoms with Gasteiger partial charge in [-0.15, -0.1) is 0 Å². The quantitative estimate of drug-likeness (QED) is 0.445. The maximum atomic E-state index is 13.2. The van der Waals surface area contributed by atoms with E-state index in [1.165, 1.54) is 18.3 Å². The zero-order valence-electron chi connectivity index (χ0n) is 18.8. The fourth-order valence-electron chi connectivity index (χ4n) is 3.50. The number of benzene rings is 2. The van der Waals surface area contributed by atoms with Gasteiger partial charge >= 0.3 is 0 Å². The predicted octanol–water partition coefficient (Wildman–Crippen LogP) is 5.67. The lowest BCUT2D eigenvalue weighted by molar-refractivity contribution is -0.114. The van der Waals surface area contributed by atoms with Crippen molar-refractivity contribution in [2.45, 2.75) is 13.8 Å². The molecule has 0 fully saturated rings. The molecule has 34 heavy (non-hydrogen) atoms. The van der Waals surface area contributed by atoms with E-state index in [1.807, 2.05) is 32.0 Å². The van der Waals surface area contributed by atoms with Gasteiger partial charge in [0.05, 0.1) is 29.8 Å². The molecule has 0 bridgehead atoms. The molecule has 1 N–H and O–H groups in total. The molecule has 0 unspecified atom stereocenters.